The third-order valence-electron chi connectivity index (χ3n) is 4.41. The zero-order valence-corrected chi connectivity index (χ0v) is 11.0. The first-order chi connectivity index (χ1) is 9.22. The predicted molar refractivity (Wildman–Crippen MR) is 70.6 cm³/mol. The van der Waals surface area contributed by atoms with E-state index in [-0.39, 0.29) is 17.5 Å². The van der Waals surface area contributed by atoms with E-state index < -0.39 is 11.6 Å². The van der Waals surface area contributed by atoms with Gasteiger partial charge in [-0.05, 0) is 56.8 Å². The number of hydrogen-bond donors (Lipinski definition) is 1. The van der Waals surface area contributed by atoms with E-state index in [1.807, 2.05) is 0 Å². The molecule has 2 nitrogen and oxygen atoms in total. The molecule has 19 heavy (non-hydrogen) atoms. The van der Waals surface area contributed by atoms with Crippen molar-refractivity contribution in [2.24, 2.45) is 11.7 Å². The van der Waals surface area contributed by atoms with Gasteiger partial charge in [-0.2, -0.15) is 0 Å². The van der Waals surface area contributed by atoms with Gasteiger partial charge >= 0.3 is 0 Å². The van der Waals surface area contributed by atoms with Crippen molar-refractivity contribution in [3.05, 3.63) is 35.4 Å². The summed E-state index contributed by atoms with van der Waals surface area (Å²) in [5, 5.41) is 0. The second-order valence-corrected chi connectivity index (χ2v) is 5.69. The van der Waals surface area contributed by atoms with E-state index in [0.717, 1.165) is 32.2 Å². The van der Waals surface area contributed by atoms with Gasteiger partial charge in [0.25, 0.3) is 0 Å². The van der Waals surface area contributed by atoms with Crippen LogP contribution in [0.15, 0.2) is 18.2 Å². The second-order valence-electron chi connectivity index (χ2n) is 5.69. The van der Waals surface area contributed by atoms with Crippen molar-refractivity contribution in [2.75, 3.05) is 13.1 Å². The van der Waals surface area contributed by atoms with E-state index in [1.54, 1.807) is 0 Å². The fourth-order valence-electron chi connectivity index (χ4n) is 3.36. The quantitative estimate of drug-likeness (QED) is 0.911. The number of hydrogen-bond acceptors (Lipinski definition) is 2. The third kappa shape index (κ3) is 2.39. The molecule has 0 radical (unpaired) electrons. The first-order valence-corrected chi connectivity index (χ1v) is 7.12. The van der Waals surface area contributed by atoms with Gasteiger partial charge in [0.2, 0.25) is 0 Å². The minimum atomic E-state index is -0.434. The molecular formula is C15H20F2N2. The molecule has 1 heterocycles. The van der Waals surface area contributed by atoms with Gasteiger partial charge in [0.1, 0.15) is 11.6 Å². The number of rotatable bonds is 3. The van der Waals surface area contributed by atoms with Crippen molar-refractivity contribution in [1.29, 1.82) is 0 Å². The molecule has 2 atom stereocenters. The molecular weight excluding hydrogens is 246 g/mol. The normalized spacial score (nSPS) is 28.6. The van der Waals surface area contributed by atoms with Gasteiger partial charge in [0.15, 0.2) is 0 Å². The molecule has 0 bridgehead atoms. The summed E-state index contributed by atoms with van der Waals surface area (Å²) in [6, 6.07) is 4.44. The highest BCUT2D eigenvalue weighted by atomic mass is 19.1. The molecule has 0 amide bonds. The maximum absolute atomic E-state index is 14.1. The summed E-state index contributed by atoms with van der Waals surface area (Å²) in [7, 11) is 0. The Kier molecular flexibility index (Phi) is 3.54. The highest BCUT2D eigenvalue weighted by Crippen LogP contribution is 2.43. The number of nitrogens with two attached hydrogens (primary N) is 1. The van der Waals surface area contributed by atoms with Crippen molar-refractivity contribution in [1.82, 2.24) is 4.90 Å². The van der Waals surface area contributed by atoms with Crippen LogP contribution >= 0.6 is 0 Å². The average Bonchev–Trinajstić information content (AvgIpc) is 3.23. The van der Waals surface area contributed by atoms with Crippen LogP contribution in [0.2, 0.25) is 0 Å². The minimum Gasteiger partial charge on any atom is -0.330 e. The van der Waals surface area contributed by atoms with Crippen LogP contribution in [-0.2, 0) is 0 Å². The van der Waals surface area contributed by atoms with Gasteiger partial charge in [0, 0.05) is 17.6 Å². The third-order valence-corrected chi connectivity index (χ3v) is 4.41. The summed E-state index contributed by atoms with van der Waals surface area (Å²) >= 11 is 0. The zero-order valence-electron chi connectivity index (χ0n) is 11.0. The van der Waals surface area contributed by atoms with E-state index in [4.69, 9.17) is 5.73 Å². The topological polar surface area (TPSA) is 29.3 Å². The Hall–Kier alpha value is -1.00. The average molecular weight is 266 g/mol. The van der Waals surface area contributed by atoms with Gasteiger partial charge < -0.3 is 5.73 Å². The van der Waals surface area contributed by atoms with E-state index in [9.17, 15) is 8.78 Å². The highest BCUT2D eigenvalue weighted by molar-refractivity contribution is 5.25. The van der Waals surface area contributed by atoms with Crippen LogP contribution in [0.4, 0.5) is 8.78 Å². The van der Waals surface area contributed by atoms with Crippen LogP contribution in [0.25, 0.3) is 0 Å². The molecule has 2 unspecified atom stereocenters. The molecule has 2 fully saturated rings. The summed E-state index contributed by atoms with van der Waals surface area (Å²) in [6.45, 7) is 1.42. The molecule has 1 saturated heterocycles. The molecule has 4 heteroatoms. The first kappa shape index (κ1) is 13.0. The second kappa shape index (κ2) is 5.17. The number of benzene rings is 1. The lowest BCUT2D eigenvalue weighted by molar-refractivity contribution is 0.0825. The van der Waals surface area contributed by atoms with Crippen molar-refractivity contribution in [3.8, 4) is 0 Å². The Labute approximate surface area is 112 Å². The molecule has 2 aliphatic rings. The zero-order chi connectivity index (χ0) is 13.4. The van der Waals surface area contributed by atoms with Crippen LogP contribution in [-0.4, -0.2) is 24.0 Å². The van der Waals surface area contributed by atoms with Crippen LogP contribution in [0.3, 0.4) is 0 Å². The molecule has 3 rings (SSSR count). The molecule has 104 valence electrons. The molecule has 1 saturated carbocycles. The molecule has 0 spiro atoms. The van der Waals surface area contributed by atoms with Crippen molar-refractivity contribution < 1.29 is 8.78 Å². The number of likely N-dealkylation sites (tertiary alicyclic amines) is 1. The molecule has 1 aliphatic carbocycles. The Morgan fingerprint density at radius 1 is 1.16 bits per heavy atom. The largest absolute Gasteiger partial charge is 0.330 e. The van der Waals surface area contributed by atoms with Gasteiger partial charge in [-0.1, -0.05) is 6.07 Å². The fourth-order valence-corrected chi connectivity index (χ4v) is 3.36. The summed E-state index contributed by atoms with van der Waals surface area (Å²) in [5.74, 6) is -0.715. The Bertz CT molecular complexity index is 439. The number of halogens is 2. The van der Waals surface area contributed by atoms with Crippen LogP contribution in [0.1, 0.15) is 37.3 Å². The first-order valence-electron chi connectivity index (χ1n) is 7.12. The standard InChI is InChI=1S/C15H20F2N2/c16-12-4-1-5-13(17)14(12)15-10(9-18)3-2-8-19(15)11-6-7-11/h1,4-5,10-11,15H,2-3,6-9,18H2. The number of piperidine rings is 1. The summed E-state index contributed by atoms with van der Waals surface area (Å²) in [4.78, 5) is 2.28. The maximum atomic E-state index is 14.1. The van der Waals surface area contributed by atoms with E-state index in [0.29, 0.717) is 12.6 Å². The van der Waals surface area contributed by atoms with Gasteiger partial charge in [-0.3, -0.25) is 4.90 Å². The lowest BCUT2D eigenvalue weighted by atomic mass is 9.84. The molecule has 0 aromatic heterocycles. The maximum Gasteiger partial charge on any atom is 0.130 e. The molecule has 1 aromatic rings. The lowest BCUT2D eigenvalue weighted by Gasteiger charge is -2.41. The Morgan fingerprint density at radius 3 is 2.42 bits per heavy atom. The van der Waals surface area contributed by atoms with Crippen LogP contribution in [0, 0.1) is 17.6 Å². The summed E-state index contributed by atoms with van der Waals surface area (Å²) < 4.78 is 28.2. The molecule has 1 aromatic carbocycles. The molecule has 2 N–H and O–H groups in total. The Balaban J connectivity index is 2.00. The van der Waals surface area contributed by atoms with Crippen LogP contribution in [0.5, 0.6) is 0 Å². The monoisotopic (exact) mass is 266 g/mol. The summed E-state index contributed by atoms with van der Waals surface area (Å²) in [6.07, 6.45) is 4.32. The van der Waals surface area contributed by atoms with E-state index >= 15 is 0 Å². The minimum absolute atomic E-state index is 0.153. The van der Waals surface area contributed by atoms with Gasteiger partial charge in [-0.15, -0.1) is 0 Å². The summed E-state index contributed by atoms with van der Waals surface area (Å²) in [5.41, 5.74) is 6.07. The van der Waals surface area contributed by atoms with Gasteiger partial charge in [0.05, 0.1) is 0 Å². The van der Waals surface area contributed by atoms with Crippen LogP contribution < -0.4 is 5.73 Å². The highest BCUT2D eigenvalue weighted by Gasteiger charge is 2.41. The predicted octanol–water partition coefficient (Wildman–Crippen LogP) is 2.84. The van der Waals surface area contributed by atoms with Crippen molar-refractivity contribution >= 4 is 0 Å². The van der Waals surface area contributed by atoms with Crippen molar-refractivity contribution in [2.45, 2.75) is 37.8 Å². The van der Waals surface area contributed by atoms with E-state index in [2.05, 4.69) is 4.90 Å². The van der Waals surface area contributed by atoms with Gasteiger partial charge in [-0.25, -0.2) is 8.78 Å². The Morgan fingerprint density at radius 2 is 1.84 bits per heavy atom. The number of nitrogens with zero attached hydrogens (tertiary/aromatic N) is 1. The lowest BCUT2D eigenvalue weighted by Crippen LogP contribution is -2.43. The van der Waals surface area contributed by atoms with Crippen molar-refractivity contribution in [3.63, 3.8) is 0 Å². The molecule has 1 aliphatic heterocycles. The smallest absolute Gasteiger partial charge is 0.130 e. The van der Waals surface area contributed by atoms with E-state index in [1.165, 1.54) is 18.2 Å². The fraction of sp³-hybridized carbons (Fsp3) is 0.600. The SMILES string of the molecule is NCC1CCCN(C2CC2)C1c1c(F)cccc1F.